The van der Waals surface area contributed by atoms with E-state index in [1.807, 2.05) is 0 Å². The van der Waals surface area contributed by atoms with Crippen LogP contribution in [0.5, 0.6) is 0 Å². The van der Waals surface area contributed by atoms with E-state index in [-0.39, 0.29) is 17.3 Å². The van der Waals surface area contributed by atoms with E-state index in [4.69, 9.17) is 23.1 Å². The predicted octanol–water partition coefficient (Wildman–Crippen LogP) is 1.52. The van der Waals surface area contributed by atoms with Gasteiger partial charge in [-0.3, -0.25) is 0 Å². The van der Waals surface area contributed by atoms with Crippen molar-refractivity contribution in [2.75, 3.05) is 5.73 Å². The summed E-state index contributed by atoms with van der Waals surface area (Å²) < 4.78 is 12.9. The molecule has 0 saturated carbocycles. The Hall–Kier alpha value is -0.800. The van der Waals surface area contributed by atoms with Gasteiger partial charge in [0.2, 0.25) is 0 Å². The van der Waals surface area contributed by atoms with Crippen LogP contribution in [0.4, 0.5) is 10.1 Å². The van der Waals surface area contributed by atoms with E-state index in [1.54, 1.807) is 6.07 Å². The summed E-state index contributed by atoms with van der Waals surface area (Å²) >= 11 is 5.45. The van der Waals surface area contributed by atoms with Crippen molar-refractivity contribution in [3.05, 3.63) is 28.5 Å². The fourth-order valence-corrected chi connectivity index (χ4v) is 0.949. The Morgan fingerprint density at radius 1 is 1.45 bits per heavy atom. The van der Waals surface area contributed by atoms with Gasteiger partial charge in [-0.25, -0.2) is 4.39 Å². The van der Waals surface area contributed by atoms with E-state index in [1.165, 1.54) is 6.07 Å². The zero-order chi connectivity index (χ0) is 8.43. The molecule has 4 N–H and O–H groups in total. The third-order valence-electron chi connectivity index (χ3n) is 1.44. The molecule has 0 aromatic heterocycles. The molecule has 0 aliphatic rings. The van der Waals surface area contributed by atoms with Gasteiger partial charge in [-0.05, 0) is 11.6 Å². The third-order valence-corrected chi connectivity index (χ3v) is 1.73. The minimum Gasteiger partial charge on any atom is -0.396 e. The molecule has 4 heteroatoms. The van der Waals surface area contributed by atoms with Crippen LogP contribution >= 0.6 is 11.6 Å². The average molecular weight is 175 g/mol. The van der Waals surface area contributed by atoms with Gasteiger partial charge < -0.3 is 11.5 Å². The molecule has 0 saturated heterocycles. The summed E-state index contributed by atoms with van der Waals surface area (Å²) in [6.45, 7) is 0.222. The Morgan fingerprint density at radius 2 is 2.09 bits per heavy atom. The van der Waals surface area contributed by atoms with E-state index in [0.717, 1.165) is 0 Å². The van der Waals surface area contributed by atoms with Crippen molar-refractivity contribution < 1.29 is 4.39 Å². The first-order valence-corrected chi connectivity index (χ1v) is 3.47. The maximum atomic E-state index is 12.9. The van der Waals surface area contributed by atoms with Crippen molar-refractivity contribution in [1.29, 1.82) is 0 Å². The van der Waals surface area contributed by atoms with Gasteiger partial charge in [-0.15, -0.1) is 0 Å². The van der Waals surface area contributed by atoms with Gasteiger partial charge in [0.15, 0.2) is 5.82 Å². The highest BCUT2D eigenvalue weighted by Crippen LogP contribution is 2.23. The van der Waals surface area contributed by atoms with E-state index in [2.05, 4.69) is 0 Å². The first kappa shape index (κ1) is 8.30. The molecule has 2 nitrogen and oxygen atoms in total. The summed E-state index contributed by atoms with van der Waals surface area (Å²) in [6, 6.07) is 3.05. The number of anilines is 1. The number of benzene rings is 1. The minimum atomic E-state index is -0.588. The number of hydrogen-bond acceptors (Lipinski definition) is 2. The second-order valence-corrected chi connectivity index (χ2v) is 2.55. The summed E-state index contributed by atoms with van der Waals surface area (Å²) in [5, 5.41) is 0.0275. The molecular weight excluding hydrogens is 167 g/mol. The topological polar surface area (TPSA) is 52.0 Å². The smallest absolute Gasteiger partial charge is 0.164 e. The van der Waals surface area contributed by atoms with Crippen molar-refractivity contribution >= 4 is 17.3 Å². The van der Waals surface area contributed by atoms with Gasteiger partial charge in [0.1, 0.15) is 0 Å². The van der Waals surface area contributed by atoms with Crippen molar-refractivity contribution in [2.24, 2.45) is 5.73 Å². The monoisotopic (exact) mass is 174 g/mol. The molecule has 0 unspecified atom stereocenters. The van der Waals surface area contributed by atoms with Crippen LogP contribution < -0.4 is 11.5 Å². The third kappa shape index (κ3) is 1.44. The molecule has 0 bridgehead atoms. The average Bonchev–Trinajstić information content (AvgIpc) is 2.01. The highest BCUT2D eigenvalue weighted by atomic mass is 35.5. The van der Waals surface area contributed by atoms with Gasteiger partial charge >= 0.3 is 0 Å². The van der Waals surface area contributed by atoms with Crippen LogP contribution in [-0.4, -0.2) is 0 Å². The highest BCUT2D eigenvalue weighted by molar-refractivity contribution is 6.31. The Balaban J connectivity index is 3.25. The molecule has 1 aromatic rings. The molecule has 0 aliphatic heterocycles. The van der Waals surface area contributed by atoms with Gasteiger partial charge in [-0.1, -0.05) is 17.7 Å². The largest absolute Gasteiger partial charge is 0.396 e. The second kappa shape index (κ2) is 3.07. The Labute approximate surface area is 68.9 Å². The summed E-state index contributed by atoms with van der Waals surface area (Å²) in [5.74, 6) is -0.588. The first-order chi connectivity index (χ1) is 5.16. The lowest BCUT2D eigenvalue weighted by Gasteiger charge is -2.03. The summed E-state index contributed by atoms with van der Waals surface area (Å²) in [6.07, 6.45) is 0. The van der Waals surface area contributed by atoms with Gasteiger partial charge in [0.25, 0.3) is 0 Å². The summed E-state index contributed by atoms with van der Waals surface area (Å²) in [4.78, 5) is 0. The molecule has 0 heterocycles. The van der Waals surface area contributed by atoms with Gasteiger partial charge in [-0.2, -0.15) is 0 Å². The molecule has 1 rings (SSSR count). The fraction of sp³-hybridized carbons (Fsp3) is 0.143. The summed E-state index contributed by atoms with van der Waals surface area (Å²) in [5.41, 5.74) is 11.3. The Bertz CT molecular complexity index is 275. The molecule has 0 spiro atoms. The van der Waals surface area contributed by atoms with Crippen LogP contribution in [0.2, 0.25) is 5.02 Å². The maximum absolute atomic E-state index is 12.9. The molecule has 0 amide bonds. The molecule has 0 fully saturated rings. The van der Waals surface area contributed by atoms with Crippen LogP contribution in [0.25, 0.3) is 0 Å². The lowest BCUT2D eigenvalue weighted by Crippen LogP contribution is -2.03. The van der Waals surface area contributed by atoms with E-state index in [9.17, 15) is 4.39 Å². The van der Waals surface area contributed by atoms with E-state index in [0.29, 0.717) is 5.56 Å². The molecular formula is C7H8ClFN2. The number of rotatable bonds is 1. The van der Waals surface area contributed by atoms with Crippen LogP contribution in [-0.2, 0) is 6.54 Å². The van der Waals surface area contributed by atoms with Crippen LogP contribution in [0, 0.1) is 5.82 Å². The molecule has 11 heavy (non-hydrogen) atoms. The normalized spacial score (nSPS) is 10.1. The first-order valence-electron chi connectivity index (χ1n) is 3.09. The van der Waals surface area contributed by atoms with Crippen LogP contribution in [0.15, 0.2) is 12.1 Å². The molecule has 0 atom stereocenters. The second-order valence-electron chi connectivity index (χ2n) is 2.14. The van der Waals surface area contributed by atoms with E-state index >= 15 is 0 Å². The Kier molecular flexibility index (Phi) is 2.31. The van der Waals surface area contributed by atoms with Crippen LogP contribution in [0.3, 0.4) is 0 Å². The number of halogens is 2. The quantitative estimate of drug-likeness (QED) is 0.635. The highest BCUT2D eigenvalue weighted by Gasteiger charge is 2.06. The Morgan fingerprint density at radius 3 is 2.64 bits per heavy atom. The van der Waals surface area contributed by atoms with E-state index < -0.39 is 5.82 Å². The van der Waals surface area contributed by atoms with Crippen molar-refractivity contribution in [1.82, 2.24) is 0 Å². The standard InChI is InChI=1S/C7H8ClFN2/c8-5-2-1-4(3-10)7(11)6(5)9/h1-2H,3,10-11H2. The predicted molar refractivity (Wildman–Crippen MR) is 43.7 cm³/mol. The maximum Gasteiger partial charge on any atom is 0.164 e. The van der Waals surface area contributed by atoms with Crippen molar-refractivity contribution in [2.45, 2.75) is 6.54 Å². The van der Waals surface area contributed by atoms with Crippen LogP contribution in [0.1, 0.15) is 5.56 Å². The van der Waals surface area contributed by atoms with Gasteiger partial charge in [0, 0.05) is 6.54 Å². The zero-order valence-electron chi connectivity index (χ0n) is 5.77. The molecule has 0 radical (unpaired) electrons. The number of nitrogens with two attached hydrogens (primary N) is 2. The molecule has 60 valence electrons. The molecule has 1 aromatic carbocycles. The number of hydrogen-bond donors (Lipinski definition) is 2. The number of nitrogen functional groups attached to an aromatic ring is 1. The molecule has 0 aliphatic carbocycles. The van der Waals surface area contributed by atoms with Crippen molar-refractivity contribution in [3.63, 3.8) is 0 Å². The lowest BCUT2D eigenvalue weighted by atomic mass is 10.2. The van der Waals surface area contributed by atoms with Crippen molar-refractivity contribution in [3.8, 4) is 0 Å². The zero-order valence-corrected chi connectivity index (χ0v) is 6.53. The van der Waals surface area contributed by atoms with Gasteiger partial charge in [0.05, 0.1) is 10.7 Å². The minimum absolute atomic E-state index is 0.0275. The fourth-order valence-electron chi connectivity index (χ4n) is 0.784. The summed E-state index contributed by atoms with van der Waals surface area (Å²) in [7, 11) is 0. The lowest BCUT2D eigenvalue weighted by molar-refractivity contribution is 0.631. The SMILES string of the molecule is NCc1ccc(Cl)c(F)c1N.